The van der Waals surface area contributed by atoms with Gasteiger partial charge in [0.2, 0.25) is 5.91 Å². The molecule has 0 fully saturated rings. The zero-order chi connectivity index (χ0) is 17.6. The maximum Gasteiger partial charge on any atom is 0.243 e. The van der Waals surface area contributed by atoms with Crippen LogP contribution in [0.25, 0.3) is 0 Å². The van der Waals surface area contributed by atoms with Crippen molar-refractivity contribution >= 4 is 29.0 Å². The summed E-state index contributed by atoms with van der Waals surface area (Å²) in [5.41, 5.74) is 1.87. The Morgan fingerprint density at radius 1 is 1.20 bits per heavy atom. The smallest absolute Gasteiger partial charge is 0.243 e. The standard InChI is InChI=1S/C20H24N2O2S/c1-3-15-13-22(17-10-6-8-12-19(17)25-15)14-20(23)21-16-9-5-7-11-18(16)24-4-2/h5-12,15H,3-4,13-14H2,1-2H3,(H,21,23)/t15-/m0/s1. The first kappa shape index (κ1) is 17.7. The number of carbonyl (C=O) groups excluding carboxylic acids is 1. The number of thioether (sulfide) groups is 1. The lowest BCUT2D eigenvalue weighted by Crippen LogP contribution is -2.40. The van der Waals surface area contributed by atoms with E-state index < -0.39 is 0 Å². The molecule has 0 unspecified atom stereocenters. The minimum absolute atomic E-state index is 0.0243. The maximum atomic E-state index is 12.6. The van der Waals surface area contributed by atoms with Crippen LogP contribution >= 0.6 is 11.8 Å². The Morgan fingerprint density at radius 2 is 1.96 bits per heavy atom. The number of benzene rings is 2. The number of hydrogen-bond donors (Lipinski definition) is 1. The van der Waals surface area contributed by atoms with E-state index in [9.17, 15) is 4.79 Å². The van der Waals surface area contributed by atoms with Gasteiger partial charge in [-0.15, -0.1) is 11.8 Å². The van der Waals surface area contributed by atoms with Crippen LogP contribution in [0.2, 0.25) is 0 Å². The Balaban J connectivity index is 1.73. The first-order valence-corrected chi connectivity index (χ1v) is 9.61. The molecule has 1 aliphatic rings. The lowest BCUT2D eigenvalue weighted by molar-refractivity contribution is -0.115. The first-order chi connectivity index (χ1) is 12.2. The first-order valence-electron chi connectivity index (χ1n) is 8.73. The summed E-state index contributed by atoms with van der Waals surface area (Å²) >= 11 is 1.91. The molecular weight excluding hydrogens is 332 g/mol. The van der Waals surface area contributed by atoms with Crippen LogP contribution in [0.15, 0.2) is 53.4 Å². The SMILES string of the molecule is CCOc1ccccc1NC(=O)CN1C[C@H](CC)Sc2ccccc21. The molecule has 5 heteroatoms. The van der Waals surface area contributed by atoms with Crippen molar-refractivity contribution in [3.63, 3.8) is 0 Å². The van der Waals surface area contributed by atoms with E-state index in [4.69, 9.17) is 4.74 Å². The summed E-state index contributed by atoms with van der Waals surface area (Å²) in [7, 11) is 0. The van der Waals surface area contributed by atoms with Crippen LogP contribution in [-0.2, 0) is 4.79 Å². The van der Waals surface area contributed by atoms with Gasteiger partial charge in [-0.1, -0.05) is 31.2 Å². The van der Waals surface area contributed by atoms with E-state index in [0.717, 1.165) is 24.3 Å². The van der Waals surface area contributed by atoms with Crippen LogP contribution < -0.4 is 15.0 Å². The van der Waals surface area contributed by atoms with Crippen LogP contribution in [0.5, 0.6) is 5.75 Å². The molecule has 1 N–H and O–H groups in total. The predicted molar refractivity (Wildman–Crippen MR) is 105 cm³/mol. The molecule has 1 aliphatic heterocycles. The van der Waals surface area contributed by atoms with Crippen LogP contribution in [0.3, 0.4) is 0 Å². The summed E-state index contributed by atoms with van der Waals surface area (Å²) < 4.78 is 5.59. The molecule has 0 radical (unpaired) electrons. The average molecular weight is 356 g/mol. The Labute approximate surface area is 153 Å². The van der Waals surface area contributed by atoms with Gasteiger partial charge in [0.05, 0.1) is 24.5 Å². The summed E-state index contributed by atoms with van der Waals surface area (Å²) in [4.78, 5) is 16.1. The Bertz CT molecular complexity index is 735. The summed E-state index contributed by atoms with van der Waals surface area (Å²) in [6, 6.07) is 15.9. The van der Waals surface area contributed by atoms with Gasteiger partial charge in [0.15, 0.2) is 0 Å². The number of amides is 1. The number of rotatable bonds is 6. The fourth-order valence-electron chi connectivity index (χ4n) is 2.96. The number of fused-ring (bicyclic) bond motifs is 1. The van der Waals surface area contributed by atoms with E-state index in [1.165, 1.54) is 4.90 Å². The molecule has 0 spiro atoms. The normalized spacial score (nSPS) is 16.2. The van der Waals surface area contributed by atoms with Crippen molar-refractivity contribution < 1.29 is 9.53 Å². The second-order valence-electron chi connectivity index (χ2n) is 5.97. The van der Waals surface area contributed by atoms with Gasteiger partial charge in [-0.25, -0.2) is 0 Å². The molecule has 0 saturated carbocycles. The van der Waals surface area contributed by atoms with Crippen molar-refractivity contribution in [2.75, 3.05) is 29.9 Å². The minimum Gasteiger partial charge on any atom is -0.492 e. The minimum atomic E-state index is -0.0243. The van der Waals surface area contributed by atoms with Crippen LogP contribution in [0, 0.1) is 0 Å². The Morgan fingerprint density at radius 3 is 2.76 bits per heavy atom. The molecule has 0 bridgehead atoms. The van der Waals surface area contributed by atoms with Crippen LogP contribution in [0.4, 0.5) is 11.4 Å². The number of hydrogen-bond acceptors (Lipinski definition) is 4. The lowest BCUT2D eigenvalue weighted by atomic mass is 10.2. The molecule has 0 aromatic heterocycles. The van der Waals surface area contributed by atoms with E-state index in [2.05, 4.69) is 35.3 Å². The molecule has 1 amide bonds. The van der Waals surface area contributed by atoms with Crippen molar-refractivity contribution in [2.24, 2.45) is 0 Å². The Hall–Kier alpha value is -2.14. The van der Waals surface area contributed by atoms with Gasteiger partial charge in [0.25, 0.3) is 0 Å². The molecule has 2 aromatic rings. The molecule has 25 heavy (non-hydrogen) atoms. The molecule has 0 aliphatic carbocycles. The monoisotopic (exact) mass is 356 g/mol. The summed E-state index contributed by atoms with van der Waals surface area (Å²) in [5, 5.41) is 3.51. The van der Waals surface area contributed by atoms with Gasteiger partial charge in [0, 0.05) is 16.7 Å². The van der Waals surface area contributed by atoms with E-state index in [0.29, 0.717) is 24.2 Å². The largest absolute Gasteiger partial charge is 0.492 e. The van der Waals surface area contributed by atoms with Crippen molar-refractivity contribution in [1.29, 1.82) is 0 Å². The van der Waals surface area contributed by atoms with Gasteiger partial charge in [-0.05, 0) is 37.6 Å². The summed E-state index contributed by atoms with van der Waals surface area (Å²) in [6.07, 6.45) is 1.09. The number of nitrogens with zero attached hydrogens (tertiary/aromatic N) is 1. The molecular formula is C20H24N2O2S. The average Bonchev–Trinajstić information content (AvgIpc) is 2.63. The van der Waals surface area contributed by atoms with Crippen molar-refractivity contribution in [3.05, 3.63) is 48.5 Å². The number of nitrogens with one attached hydrogen (secondary N) is 1. The highest BCUT2D eigenvalue weighted by molar-refractivity contribution is 8.00. The van der Waals surface area contributed by atoms with E-state index in [-0.39, 0.29) is 5.91 Å². The zero-order valence-electron chi connectivity index (χ0n) is 14.7. The van der Waals surface area contributed by atoms with Crippen LogP contribution in [-0.4, -0.2) is 30.9 Å². The maximum absolute atomic E-state index is 12.6. The van der Waals surface area contributed by atoms with Gasteiger partial charge >= 0.3 is 0 Å². The third-order valence-corrected chi connectivity index (χ3v) is 5.59. The molecule has 132 valence electrons. The number of carbonyl (C=O) groups is 1. The number of ether oxygens (including phenoxy) is 1. The molecule has 1 heterocycles. The Kier molecular flexibility index (Phi) is 5.87. The quantitative estimate of drug-likeness (QED) is 0.832. The van der Waals surface area contributed by atoms with Gasteiger partial charge in [-0.3, -0.25) is 4.79 Å². The van der Waals surface area contributed by atoms with Crippen LogP contribution in [0.1, 0.15) is 20.3 Å². The fourth-order valence-corrected chi connectivity index (χ4v) is 4.21. The van der Waals surface area contributed by atoms with E-state index in [1.54, 1.807) is 0 Å². The second-order valence-corrected chi connectivity index (χ2v) is 7.32. The molecule has 1 atom stereocenters. The zero-order valence-corrected chi connectivity index (χ0v) is 15.5. The highest BCUT2D eigenvalue weighted by Gasteiger charge is 2.25. The van der Waals surface area contributed by atoms with Gasteiger partial charge < -0.3 is 15.0 Å². The van der Waals surface area contributed by atoms with Crippen molar-refractivity contribution in [2.45, 2.75) is 30.4 Å². The third kappa shape index (κ3) is 4.28. The molecule has 3 rings (SSSR count). The van der Waals surface area contributed by atoms with Crippen molar-refractivity contribution in [1.82, 2.24) is 0 Å². The topological polar surface area (TPSA) is 41.6 Å². The lowest BCUT2D eigenvalue weighted by Gasteiger charge is -2.34. The highest BCUT2D eigenvalue weighted by Crippen LogP contribution is 2.39. The predicted octanol–water partition coefficient (Wildman–Crippen LogP) is 4.41. The summed E-state index contributed by atoms with van der Waals surface area (Å²) in [5.74, 6) is 0.683. The molecule has 4 nitrogen and oxygen atoms in total. The molecule has 0 saturated heterocycles. The molecule has 2 aromatic carbocycles. The summed E-state index contributed by atoms with van der Waals surface area (Å²) in [6.45, 7) is 5.93. The van der Waals surface area contributed by atoms with E-state index in [1.807, 2.05) is 49.0 Å². The fraction of sp³-hybridized carbons (Fsp3) is 0.350. The van der Waals surface area contributed by atoms with E-state index >= 15 is 0 Å². The highest BCUT2D eigenvalue weighted by atomic mass is 32.2. The van der Waals surface area contributed by atoms with Crippen molar-refractivity contribution in [3.8, 4) is 5.75 Å². The number of anilines is 2. The second kappa shape index (κ2) is 8.30. The van der Waals surface area contributed by atoms with Gasteiger partial charge in [0.1, 0.15) is 5.75 Å². The third-order valence-electron chi connectivity index (χ3n) is 4.17. The van der Waals surface area contributed by atoms with Gasteiger partial charge in [-0.2, -0.15) is 0 Å². The number of para-hydroxylation sites is 3.